The number of likely N-dealkylation sites (tertiary alicyclic amines) is 1. The lowest BCUT2D eigenvalue weighted by molar-refractivity contribution is -0.123. The molecular formula is C29H30ClF2N5O4S. The summed E-state index contributed by atoms with van der Waals surface area (Å²) >= 11 is 6.67. The van der Waals surface area contributed by atoms with Gasteiger partial charge in [0.2, 0.25) is 5.91 Å². The second kappa shape index (κ2) is 11.6. The molecule has 5 rings (SSSR count). The maximum Gasteiger partial charge on any atom is 0.260 e. The molecule has 0 radical (unpaired) electrons. The van der Waals surface area contributed by atoms with Crippen molar-refractivity contribution in [1.82, 2.24) is 19.9 Å². The number of benzene rings is 2. The number of sulfonamides is 1. The maximum absolute atomic E-state index is 13.8. The molecule has 2 aliphatic rings. The van der Waals surface area contributed by atoms with Gasteiger partial charge in [0, 0.05) is 32.0 Å². The van der Waals surface area contributed by atoms with Gasteiger partial charge in [-0.3, -0.25) is 9.59 Å². The molecule has 2 aromatic carbocycles. The molecule has 1 aliphatic heterocycles. The molecule has 1 aromatic heterocycles. The fraction of sp³-hybridized carbons (Fsp3) is 0.345. The molecule has 2 heterocycles. The topological polar surface area (TPSA) is 121 Å². The molecule has 0 bridgehead atoms. The maximum atomic E-state index is 13.8. The highest BCUT2D eigenvalue weighted by Gasteiger charge is 2.53. The van der Waals surface area contributed by atoms with Gasteiger partial charge in [-0.05, 0) is 80.0 Å². The van der Waals surface area contributed by atoms with Gasteiger partial charge in [0.25, 0.3) is 15.9 Å². The Morgan fingerprint density at radius 2 is 1.69 bits per heavy atom. The van der Waals surface area contributed by atoms with Crippen LogP contribution < -0.4 is 15.4 Å². The Morgan fingerprint density at radius 1 is 1.05 bits per heavy atom. The van der Waals surface area contributed by atoms with Gasteiger partial charge in [0.05, 0.1) is 11.3 Å². The van der Waals surface area contributed by atoms with Crippen molar-refractivity contribution >= 4 is 44.8 Å². The number of rotatable bonds is 8. The Labute approximate surface area is 247 Å². The van der Waals surface area contributed by atoms with E-state index in [4.69, 9.17) is 11.6 Å². The van der Waals surface area contributed by atoms with Crippen molar-refractivity contribution in [3.05, 3.63) is 82.0 Å². The summed E-state index contributed by atoms with van der Waals surface area (Å²) in [6.45, 7) is 2.47. The molecule has 0 unspecified atom stereocenters. The number of nitrogens with zero attached hydrogens (tertiary/aromatic N) is 2. The molecule has 42 heavy (non-hydrogen) atoms. The first-order chi connectivity index (χ1) is 19.9. The molecule has 3 aromatic rings. The quantitative estimate of drug-likeness (QED) is 0.339. The van der Waals surface area contributed by atoms with E-state index in [1.165, 1.54) is 37.4 Å². The number of carbonyl (C=O) groups is 2. The third kappa shape index (κ3) is 5.97. The molecule has 3 N–H and O–H groups in total. The Kier molecular flexibility index (Phi) is 8.23. The van der Waals surface area contributed by atoms with E-state index in [2.05, 4.69) is 20.3 Å². The van der Waals surface area contributed by atoms with E-state index in [1.807, 2.05) is 0 Å². The van der Waals surface area contributed by atoms with Gasteiger partial charge in [0.1, 0.15) is 22.2 Å². The summed E-state index contributed by atoms with van der Waals surface area (Å²) in [5.41, 5.74) is 0.653. The lowest BCUT2D eigenvalue weighted by Crippen LogP contribution is -2.48. The van der Waals surface area contributed by atoms with Crippen LogP contribution in [-0.2, 0) is 14.8 Å². The number of likely N-dealkylation sites (N-methyl/N-ethyl adjacent to an activating group) is 1. The van der Waals surface area contributed by atoms with Crippen LogP contribution in [0.3, 0.4) is 0 Å². The number of halogens is 3. The van der Waals surface area contributed by atoms with Gasteiger partial charge in [0.15, 0.2) is 5.03 Å². The first-order valence-electron chi connectivity index (χ1n) is 13.5. The van der Waals surface area contributed by atoms with Crippen LogP contribution in [0.15, 0.2) is 53.7 Å². The lowest BCUT2D eigenvalue weighted by atomic mass is 9.89. The first kappa shape index (κ1) is 29.9. The predicted octanol–water partition coefficient (Wildman–Crippen LogP) is 4.64. The fourth-order valence-electron chi connectivity index (χ4n) is 5.21. The van der Waals surface area contributed by atoms with E-state index in [9.17, 15) is 26.8 Å². The van der Waals surface area contributed by atoms with E-state index in [-0.39, 0.29) is 28.0 Å². The van der Waals surface area contributed by atoms with Crippen molar-refractivity contribution < 1.29 is 26.8 Å². The number of aromatic nitrogens is 1. The first-order valence-corrected chi connectivity index (χ1v) is 15.3. The van der Waals surface area contributed by atoms with Crippen LogP contribution in [0.2, 0.25) is 5.02 Å². The highest BCUT2D eigenvalue weighted by molar-refractivity contribution is 7.89. The van der Waals surface area contributed by atoms with Crippen LogP contribution in [0.25, 0.3) is 0 Å². The average molecular weight is 618 g/mol. The number of carbonyl (C=O) groups excluding carboxylic acids is 2. The lowest BCUT2D eigenvalue weighted by Gasteiger charge is -2.33. The summed E-state index contributed by atoms with van der Waals surface area (Å²) in [4.78, 5) is 31.8. The van der Waals surface area contributed by atoms with Crippen LogP contribution >= 0.6 is 11.6 Å². The van der Waals surface area contributed by atoms with Crippen molar-refractivity contribution in [2.24, 2.45) is 0 Å². The second-order valence-electron chi connectivity index (χ2n) is 10.6. The van der Waals surface area contributed by atoms with Gasteiger partial charge in [-0.2, -0.15) is 4.72 Å². The molecule has 13 heteroatoms. The molecule has 0 spiro atoms. The number of pyridine rings is 1. The number of piperidine rings is 1. The largest absolute Gasteiger partial charge is 0.358 e. The van der Waals surface area contributed by atoms with Crippen LogP contribution in [0.1, 0.15) is 53.1 Å². The summed E-state index contributed by atoms with van der Waals surface area (Å²) in [5, 5.41) is 4.60. The van der Waals surface area contributed by atoms with Gasteiger partial charge >= 0.3 is 0 Å². The number of hydrogen-bond donors (Lipinski definition) is 3. The number of anilines is 2. The highest BCUT2D eigenvalue weighted by atomic mass is 35.5. The summed E-state index contributed by atoms with van der Waals surface area (Å²) in [6.07, 6.45) is 3.07. The van der Waals surface area contributed by atoms with Crippen LogP contribution in [0, 0.1) is 18.6 Å². The smallest absolute Gasteiger partial charge is 0.260 e. The Balaban J connectivity index is 1.46. The molecule has 1 aliphatic carbocycles. The zero-order valence-corrected chi connectivity index (χ0v) is 24.6. The van der Waals surface area contributed by atoms with Crippen molar-refractivity contribution in [2.75, 3.05) is 25.5 Å². The molecule has 0 atom stereocenters. The van der Waals surface area contributed by atoms with Gasteiger partial charge in [-0.25, -0.2) is 22.2 Å². The van der Waals surface area contributed by atoms with E-state index in [0.717, 1.165) is 11.8 Å². The standard InChI is InChI=1S/C29H30ClF2N5O4S/c1-17-15-21(32)7-8-23(17)35-25-22(27(38)37-13-9-19(10-14-37)18-3-5-20(31)6-4-18)16-34-26(24(25)30)42(40,41)36-29(11-12-29)28(39)33-2/h3-8,15-16,19,36H,9-14H2,1-2H3,(H,33,39)(H,34,35). The normalized spacial score (nSPS) is 16.6. The summed E-state index contributed by atoms with van der Waals surface area (Å²) in [5.74, 6) is -1.50. The van der Waals surface area contributed by atoms with E-state index in [1.54, 1.807) is 24.0 Å². The number of nitrogens with one attached hydrogen (secondary N) is 3. The highest BCUT2D eigenvalue weighted by Crippen LogP contribution is 2.40. The van der Waals surface area contributed by atoms with E-state index < -0.39 is 38.2 Å². The summed E-state index contributed by atoms with van der Waals surface area (Å²) in [6, 6.07) is 10.3. The third-order valence-electron chi connectivity index (χ3n) is 7.79. The van der Waals surface area contributed by atoms with Crippen molar-refractivity contribution in [2.45, 2.75) is 49.1 Å². The zero-order chi connectivity index (χ0) is 30.2. The minimum absolute atomic E-state index is 0.00259. The van der Waals surface area contributed by atoms with Crippen LogP contribution in [-0.4, -0.2) is 55.8 Å². The van der Waals surface area contributed by atoms with Gasteiger partial charge in [-0.15, -0.1) is 0 Å². The molecule has 2 fully saturated rings. The van der Waals surface area contributed by atoms with E-state index >= 15 is 0 Å². The van der Waals surface area contributed by atoms with E-state index in [0.29, 0.717) is 50.0 Å². The van der Waals surface area contributed by atoms with Crippen molar-refractivity contribution in [3.8, 4) is 0 Å². The van der Waals surface area contributed by atoms with Crippen molar-refractivity contribution in [3.63, 3.8) is 0 Å². The van der Waals surface area contributed by atoms with Gasteiger partial charge < -0.3 is 15.5 Å². The van der Waals surface area contributed by atoms with Crippen molar-refractivity contribution in [1.29, 1.82) is 0 Å². The zero-order valence-electron chi connectivity index (χ0n) is 23.0. The average Bonchev–Trinajstić information content (AvgIpc) is 3.74. The Bertz CT molecular complexity index is 1640. The molecule has 1 saturated heterocycles. The summed E-state index contributed by atoms with van der Waals surface area (Å²) in [7, 11) is -2.97. The van der Waals surface area contributed by atoms with Crippen LogP contribution in [0.5, 0.6) is 0 Å². The molecule has 1 saturated carbocycles. The monoisotopic (exact) mass is 617 g/mol. The number of hydrogen-bond acceptors (Lipinski definition) is 6. The minimum Gasteiger partial charge on any atom is -0.358 e. The number of aryl methyl sites for hydroxylation is 1. The minimum atomic E-state index is -4.39. The summed E-state index contributed by atoms with van der Waals surface area (Å²) < 4.78 is 56.4. The third-order valence-corrected chi connectivity index (χ3v) is 9.74. The Morgan fingerprint density at radius 3 is 2.29 bits per heavy atom. The van der Waals surface area contributed by atoms with Crippen LogP contribution in [0.4, 0.5) is 20.2 Å². The molecular weight excluding hydrogens is 588 g/mol. The van der Waals surface area contributed by atoms with Gasteiger partial charge in [-0.1, -0.05) is 23.7 Å². The molecule has 2 amide bonds. The predicted molar refractivity (Wildman–Crippen MR) is 154 cm³/mol. The Hall–Kier alpha value is -3.61. The second-order valence-corrected chi connectivity index (χ2v) is 12.6. The SMILES string of the molecule is CNC(=O)C1(NS(=O)(=O)c2ncc(C(=O)N3CCC(c4ccc(F)cc4)CC3)c(Nc3ccc(F)cc3C)c2Cl)CC1. The molecule has 222 valence electrons. The number of amides is 2. The fourth-order valence-corrected chi connectivity index (χ4v) is 7.15. The molecule has 9 nitrogen and oxygen atoms in total.